The average Bonchev–Trinajstić information content (AvgIpc) is 3.13. The van der Waals surface area contributed by atoms with Crippen LogP contribution in [-0.2, 0) is 16.6 Å². The lowest BCUT2D eigenvalue weighted by atomic mass is 10.2. The Labute approximate surface area is 187 Å². The van der Waals surface area contributed by atoms with Gasteiger partial charge in [-0.05, 0) is 55.5 Å². The molecular formula is C24H25N3O4S. The summed E-state index contributed by atoms with van der Waals surface area (Å²) in [5.74, 6) is 1.37. The maximum absolute atomic E-state index is 13.5. The number of aromatic nitrogens is 2. The largest absolute Gasteiger partial charge is 0.497 e. The number of sulfonamides is 1. The SMILES string of the molecule is COc1ccc(N(C[C@@H](O)Cn2c(C)nc3ccccc32)S(=O)(=O)c2ccccc2)cc1. The van der Waals surface area contributed by atoms with Gasteiger partial charge in [-0.25, -0.2) is 13.4 Å². The molecule has 0 unspecified atom stereocenters. The number of hydrogen-bond donors (Lipinski definition) is 1. The highest BCUT2D eigenvalue weighted by atomic mass is 32.2. The van der Waals surface area contributed by atoms with Crippen molar-refractivity contribution in [1.82, 2.24) is 9.55 Å². The van der Waals surface area contributed by atoms with E-state index in [0.717, 1.165) is 16.9 Å². The van der Waals surface area contributed by atoms with E-state index in [2.05, 4.69) is 4.98 Å². The molecule has 0 bridgehead atoms. The molecule has 0 aliphatic rings. The summed E-state index contributed by atoms with van der Waals surface area (Å²) in [5, 5.41) is 11.0. The predicted molar refractivity (Wildman–Crippen MR) is 124 cm³/mol. The van der Waals surface area contributed by atoms with E-state index in [-0.39, 0.29) is 18.0 Å². The molecule has 0 saturated heterocycles. The molecule has 4 aromatic rings. The second-order valence-electron chi connectivity index (χ2n) is 7.46. The first kappa shape index (κ1) is 21.9. The van der Waals surface area contributed by atoms with E-state index in [1.165, 1.54) is 4.31 Å². The summed E-state index contributed by atoms with van der Waals surface area (Å²) in [4.78, 5) is 4.68. The van der Waals surface area contributed by atoms with E-state index in [0.29, 0.717) is 11.4 Å². The Morgan fingerprint density at radius 1 is 1.00 bits per heavy atom. The van der Waals surface area contributed by atoms with Crippen LogP contribution in [0.15, 0.2) is 83.8 Å². The minimum Gasteiger partial charge on any atom is -0.497 e. The number of methoxy groups -OCH3 is 1. The van der Waals surface area contributed by atoms with Gasteiger partial charge in [-0.3, -0.25) is 4.31 Å². The van der Waals surface area contributed by atoms with Crippen molar-refractivity contribution in [3.8, 4) is 5.75 Å². The highest BCUT2D eigenvalue weighted by molar-refractivity contribution is 7.92. The van der Waals surface area contributed by atoms with Crippen molar-refractivity contribution in [2.24, 2.45) is 0 Å². The molecule has 0 aliphatic carbocycles. The van der Waals surface area contributed by atoms with Crippen LogP contribution in [0.5, 0.6) is 5.75 Å². The fourth-order valence-corrected chi connectivity index (χ4v) is 5.22. The second kappa shape index (κ2) is 9.02. The normalized spacial score (nSPS) is 12.6. The Hall–Kier alpha value is -3.36. The third-order valence-corrected chi connectivity index (χ3v) is 7.11. The van der Waals surface area contributed by atoms with Crippen LogP contribution in [-0.4, -0.2) is 42.8 Å². The van der Waals surface area contributed by atoms with Crippen LogP contribution < -0.4 is 9.04 Å². The van der Waals surface area contributed by atoms with Crippen LogP contribution in [0.2, 0.25) is 0 Å². The van der Waals surface area contributed by atoms with Crippen molar-refractivity contribution < 1.29 is 18.3 Å². The first-order valence-electron chi connectivity index (χ1n) is 10.2. The van der Waals surface area contributed by atoms with E-state index < -0.39 is 16.1 Å². The maximum Gasteiger partial charge on any atom is 0.264 e. The van der Waals surface area contributed by atoms with Gasteiger partial charge < -0.3 is 14.4 Å². The van der Waals surface area contributed by atoms with Crippen LogP contribution >= 0.6 is 0 Å². The zero-order valence-corrected chi connectivity index (χ0v) is 18.7. The second-order valence-corrected chi connectivity index (χ2v) is 9.32. The molecule has 0 fully saturated rings. The van der Waals surface area contributed by atoms with E-state index in [1.807, 2.05) is 35.8 Å². The molecule has 0 radical (unpaired) electrons. The summed E-state index contributed by atoms with van der Waals surface area (Å²) in [6, 6.07) is 22.6. The molecule has 1 atom stereocenters. The van der Waals surface area contributed by atoms with Crippen LogP contribution in [0.25, 0.3) is 11.0 Å². The average molecular weight is 452 g/mol. The number of imidazole rings is 1. The Bertz CT molecular complexity index is 1300. The number of hydrogen-bond acceptors (Lipinski definition) is 5. The number of nitrogens with zero attached hydrogens (tertiary/aromatic N) is 3. The number of benzene rings is 3. The smallest absolute Gasteiger partial charge is 0.264 e. The third kappa shape index (κ3) is 4.32. The first-order chi connectivity index (χ1) is 15.4. The molecule has 3 aromatic carbocycles. The van der Waals surface area contributed by atoms with Gasteiger partial charge in [0.1, 0.15) is 11.6 Å². The zero-order valence-electron chi connectivity index (χ0n) is 17.9. The van der Waals surface area contributed by atoms with E-state index in [1.54, 1.807) is 61.7 Å². The van der Waals surface area contributed by atoms with E-state index in [9.17, 15) is 13.5 Å². The van der Waals surface area contributed by atoms with Gasteiger partial charge in [0, 0.05) is 0 Å². The first-order valence-corrected chi connectivity index (χ1v) is 11.7. The van der Waals surface area contributed by atoms with E-state index >= 15 is 0 Å². The highest BCUT2D eigenvalue weighted by Gasteiger charge is 2.27. The Morgan fingerprint density at radius 2 is 1.66 bits per heavy atom. The molecule has 4 rings (SSSR count). The van der Waals surface area contributed by atoms with Crippen molar-refractivity contribution in [3.05, 3.63) is 84.7 Å². The Balaban J connectivity index is 1.67. The monoisotopic (exact) mass is 451 g/mol. The molecule has 32 heavy (non-hydrogen) atoms. The van der Waals surface area contributed by atoms with Crippen molar-refractivity contribution in [1.29, 1.82) is 0 Å². The molecule has 0 spiro atoms. The topological polar surface area (TPSA) is 84.7 Å². The van der Waals surface area contributed by atoms with Gasteiger partial charge in [0.2, 0.25) is 0 Å². The van der Waals surface area contributed by atoms with Crippen molar-refractivity contribution >= 4 is 26.7 Å². The number of rotatable bonds is 8. The molecule has 8 heteroatoms. The summed E-state index contributed by atoms with van der Waals surface area (Å²) in [6.07, 6.45) is -0.966. The van der Waals surface area contributed by atoms with Gasteiger partial charge >= 0.3 is 0 Å². The standard InChI is InChI=1S/C24H25N3O4S/c1-18-25-23-10-6-7-11-24(23)26(18)16-20(28)17-27(19-12-14-21(31-2)15-13-19)32(29,30)22-8-4-3-5-9-22/h3-15,20,28H,16-17H2,1-2H3/t20-/m0/s1. The summed E-state index contributed by atoms with van der Waals surface area (Å²) in [5.41, 5.74) is 2.17. The number of para-hydroxylation sites is 2. The van der Waals surface area contributed by atoms with Gasteiger partial charge in [-0.1, -0.05) is 30.3 Å². The number of anilines is 1. The van der Waals surface area contributed by atoms with Gasteiger partial charge in [0.25, 0.3) is 10.0 Å². The Kier molecular flexibility index (Phi) is 6.16. The predicted octanol–water partition coefficient (Wildman–Crippen LogP) is 3.61. The van der Waals surface area contributed by atoms with Crippen LogP contribution in [0.1, 0.15) is 5.82 Å². The van der Waals surface area contributed by atoms with Gasteiger partial charge in [-0.15, -0.1) is 0 Å². The summed E-state index contributed by atoms with van der Waals surface area (Å²) in [7, 11) is -2.34. The van der Waals surface area contributed by atoms with E-state index in [4.69, 9.17) is 4.74 Å². The number of aryl methyl sites for hydroxylation is 1. The van der Waals surface area contributed by atoms with Crippen LogP contribution in [0.3, 0.4) is 0 Å². The summed E-state index contributed by atoms with van der Waals surface area (Å²) < 4.78 is 35.3. The molecule has 7 nitrogen and oxygen atoms in total. The minimum absolute atomic E-state index is 0.116. The van der Waals surface area contributed by atoms with Crippen LogP contribution in [0.4, 0.5) is 5.69 Å². The fraction of sp³-hybridized carbons (Fsp3) is 0.208. The van der Waals surface area contributed by atoms with Crippen LogP contribution in [0, 0.1) is 6.92 Å². The molecule has 1 heterocycles. The number of aliphatic hydroxyl groups excluding tert-OH is 1. The molecule has 166 valence electrons. The minimum atomic E-state index is -3.89. The molecule has 0 aliphatic heterocycles. The molecule has 1 N–H and O–H groups in total. The Morgan fingerprint density at radius 3 is 2.34 bits per heavy atom. The van der Waals surface area contributed by atoms with Gasteiger partial charge in [0.05, 0.1) is 47.9 Å². The lowest BCUT2D eigenvalue weighted by Gasteiger charge is -2.27. The third-order valence-electron chi connectivity index (χ3n) is 5.31. The molecule has 0 amide bonds. The quantitative estimate of drug-likeness (QED) is 0.442. The lowest BCUT2D eigenvalue weighted by Crippen LogP contribution is -2.39. The number of ether oxygens (including phenoxy) is 1. The van der Waals surface area contributed by atoms with Gasteiger partial charge in [0.15, 0.2) is 0 Å². The maximum atomic E-state index is 13.5. The molecule has 0 saturated carbocycles. The summed E-state index contributed by atoms with van der Waals surface area (Å²) >= 11 is 0. The van der Waals surface area contributed by atoms with Crippen molar-refractivity contribution in [2.45, 2.75) is 24.5 Å². The highest BCUT2D eigenvalue weighted by Crippen LogP contribution is 2.26. The molecular weight excluding hydrogens is 426 g/mol. The zero-order chi connectivity index (χ0) is 22.7. The van der Waals surface area contributed by atoms with Crippen molar-refractivity contribution in [2.75, 3.05) is 18.0 Å². The number of aliphatic hydroxyl groups is 1. The summed E-state index contributed by atoms with van der Waals surface area (Å²) in [6.45, 7) is 1.97. The number of fused-ring (bicyclic) bond motifs is 1. The van der Waals surface area contributed by atoms with Gasteiger partial charge in [-0.2, -0.15) is 0 Å². The molecule has 1 aromatic heterocycles. The fourth-order valence-electron chi connectivity index (χ4n) is 3.70. The van der Waals surface area contributed by atoms with Crippen molar-refractivity contribution in [3.63, 3.8) is 0 Å². The lowest BCUT2D eigenvalue weighted by molar-refractivity contribution is 0.163.